The van der Waals surface area contributed by atoms with Crippen LogP contribution >= 0.6 is 0 Å². The predicted octanol–water partition coefficient (Wildman–Crippen LogP) is 3.80. The highest BCUT2D eigenvalue weighted by molar-refractivity contribution is 6.35. The predicted molar refractivity (Wildman–Crippen MR) is 95.6 cm³/mol. The summed E-state index contributed by atoms with van der Waals surface area (Å²) in [5.74, 6) is 0.0646. The maximum atomic E-state index is 12.5. The Morgan fingerprint density at radius 2 is 1.65 bits per heavy atom. The van der Waals surface area contributed by atoms with Gasteiger partial charge in [-0.25, -0.2) is 0 Å². The number of hydrogen-bond acceptors (Lipinski definition) is 2. The molecule has 0 spiro atoms. The van der Waals surface area contributed by atoms with Gasteiger partial charge in [0, 0.05) is 37.0 Å². The van der Waals surface area contributed by atoms with Crippen molar-refractivity contribution >= 4 is 28.9 Å². The molecule has 2 aliphatic heterocycles. The molecule has 0 radical (unpaired) electrons. The molecule has 1 fully saturated rings. The monoisotopic (exact) mass is 304 g/mol. The van der Waals surface area contributed by atoms with Crippen LogP contribution in [0.25, 0.3) is 11.6 Å². The number of carbonyl (C=O) groups excluding carboxylic acids is 1. The van der Waals surface area contributed by atoms with Crippen LogP contribution in [-0.2, 0) is 4.79 Å². The molecule has 1 saturated heterocycles. The van der Waals surface area contributed by atoms with E-state index in [2.05, 4.69) is 29.2 Å². The second-order valence-electron chi connectivity index (χ2n) is 6.23. The molecule has 23 heavy (non-hydrogen) atoms. The summed E-state index contributed by atoms with van der Waals surface area (Å²) in [6, 6.07) is 16.5. The molecule has 0 N–H and O–H groups in total. The van der Waals surface area contributed by atoms with Crippen molar-refractivity contribution < 1.29 is 4.79 Å². The second-order valence-corrected chi connectivity index (χ2v) is 6.23. The van der Waals surface area contributed by atoms with Gasteiger partial charge in [0.25, 0.3) is 5.91 Å². The Labute approximate surface area is 136 Å². The molecule has 0 unspecified atom stereocenters. The number of likely N-dealkylation sites (N-methyl/N-ethyl adjacent to an activating group) is 1. The van der Waals surface area contributed by atoms with E-state index in [1.807, 2.05) is 37.4 Å². The fraction of sp³-hybridized carbons (Fsp3) is 0.250. The lowest BCUT2D eigenvalue weighted by Crippen LogP contribution is -2.20. The standard InChI is InChI=1S/C20H20N2O/c1-21-19-7-3-2-6-17(19)18(20(21)23)14-15-8-10-16(11-9-15)22-12-4-5-13-22/h2-3,6-11,14H,4-5,12-13H2,1H3/b18-14+. The molecular formula is C20H20N2O. The summed E-state index contributed by atoms with van der Waals surface area (Å²) in [5, 5.41) is 0. The number of nitrogens with zero attached hydrogens (tertiary/aromatic N) is 2. The van der Waals surface area contributed by atoms with E-state index in [1.165, 1.54) is 18.5 Å². The maximum absolute atomic E-state index is 12.5. The third-order valence-electron chi connectivity index (χ3n) is 4.77. The van der Waals surface area contributed by atoms with Crippen LogP contribution in [0.4, 0.5) is 11.4 Å². The number of hydrogen-bond donors (Lipinski definition) is 0. The van der Waals surface area contributed by atoms with E-state index in [0.717, 1.165) is 35.5 Å². The largest absolute Gasteiger partial charge is 0.372 e. The minimum atomic E-state index is 0.0646. The van der Waals surface area contributed by atoms with Crippen molar-refractivity contribution in [2.24, 2.45) is 0 Å². The molecule has 0 aliphatic carbocycles. The van der Waals surface area contributed by atoms with Gasteiger partial charge in [-0.15, -0.1) is 0 Å². The molecule has 2 aromatic carbocycles. The summed E-state index contributed by atoms with van der Waals surface area (Å²) < 4.78 is 0. The van der Waals surface area contributed by atoms with Crippen molar-refractivity contribution in [1.82, 2.24) is 0 Å². The summed E-state index contributed by atoms with van der Waals surface area (Å²) >= 11 is 0. The Morgan fingerprint density at radius 1 is 0.957 bits per heavy atom. The lowest BCUT2D eigenvalue weighted by Gasteiger charge is -2.17. The molecule has 0 atom stereocenters. The lowest BCUT2D eigenvalue weighted by molar-refractivity contribution is -0.112. The summed E-state index contributed by atoms with van der Waals surface area (Å²) in [6.07, 6.45) is 4.56. The Kier molecular flexibility index (Phi) is 3.41. The molecule has 3 heteroatoms. The Hall–Kier alpha value is -2.55. The minimum absolute atomic E-state index is 0.0646. The van der Waals surface area contributed by atoms with Gasteiger partial charge in [0.15, 0.2) is 0 Å². The van der Waals surface area contributed by atoms with E-state index in [1.54, 1.807) is 4.90 Å². The number of amides is 1. The highest BCUT2D eigenvalue weighted by atomic mass is 16.2. The summed E-state index contributed by atoms with van der Waals surface area (Å²) in [6.45, 7) is 2.30. The van der Waals surface area contributed by atoms with E-state index in [9.17, 15) is 4.79 Å². The van der Waals surface area contributed by atoms with Gasteiger partial charge < -0.3 is 9.80 Å². The van der Waals surface area contributed by atoms with Gasteiger partial charge in [0.1, 0.15) is 0 Å². The highest BCUT2D eigenvalue weighted by Crippen LogP contribution is 2.36. The Balaban J connectivity index is 1.66. The van der Waals surface area contributed by atoms with Gasteiger partial charge >= 0.3 is 0 Å². The molecular weight excluding hydrogens is 284 g/mol. The Morgan fingerprint density at radius 3 is 2.39 bits per heavy atom. The summed E-state index contributed by atoms with van der Waals surface area (Å²) in [4.78, 5) is 16.6. The third-order valence-corrected chi connectivity index (χ3v) is 4.77. The van der Waals surface area contributed by atoms with Gasteiger partial charge in [-0.3, -0.25) is 4.79 Å². The number of rotatable bonds is 2. The minimum Gasteiger partial charge on any atom is -0.372 e. The zero-order chi connectivity index (χ0) is 15.8. The molecule has 0 saturated carbocycles. The van der Waals surface area contributed by atoms with Crippen molar-refractivity contribution in [2.75, 3.05) is 29.9 Å². The van der Waals surface area contributed by atoms with E-state index < -0.39 is 0 Å². The van der Waals surface area contributed by atoms with Crippen LogP contribution in [0, 0.1) is 0 Å². The number of para-hydroxylation sites is 1. The molecule has 2 aromatic rings. The van der Waals surface area contributed by atoms with E-state index in [0.29, 0.717) is 0 Å². The summed E-state index contributed by atoms with van der Waals surface area (Å²) in [5.41, 5.74) is 5.12. The van der Waals surface area contributed by atoms with Crippen LogP contribution in [0.2, 0.25) is 0 Å². The normalized spacial score (nSPS) is 18.8. The number of carbonyl (C=O) groups is 1. The first-order chi connectivity index (χ1) is 11.2. The lowest BCUT2D eigenvalue weighted by atomic mass is 10.0. The molecule has 116 valence electrons. The van der Waals surface area contributed by atoms with Crippen LogP contribution in [-0.4, -0.2) is 26.0 Å². The first-order valence-electron chi connectivity index (χ1n) is 8.18. The van der Waals surface area contributed by atoms with Gasteiger partial charge in [-0.05, 0) is 42.7 Å². The Bertz CT molecular complexity index is 770. The molecule has 1 amide bonds. The van der Waals surface area contributed by atoms with Crippen molar-refractivity contribution in [1.29, 1.82) is 0 Å². The van der Waals surface area contributed by atoms with E-state index >= 15 is 0 Å². The van der Waals surface area contributed by atoms with Gasteiger partial charge in [0.05, 0.1) is 5.69 Å². The van der Waals surface area contributed by atoms with E-state index in [4.69, 9.17) is 0 Å². The second kappa shape index (κ2) is 5.58. The number of benzene rings is 2. The quantitative estimate of drug-likeness (QED) is 0.788. The molecule has 0 bridgehead atoms. The van der Waals surface area contributed by atoms with Crippen molar-refractivity contribution in [3.05, 3.63) is 59.7 Å². The first kappa shape index (κ1) is 14.1. The van der Waals surface area contributed by atoms with Crippen molar-refractivity contribution in [2.45, 2.75) is 12.8 Å². The van der Waals surface area contributed by atoms with Crippen LogP contribution in [0.5, 0.6) is 0 Å². The fourth-order valence-electron chi connectivity index (χ4n) is 3.46. The highest BCUT2D eigenvalue weighted by Gasteiger charge is 2.28. The molecule has 4 rings (SSSR count). The summed E-state index contributed by atoms with van der Waals surface area (Å²) in [7, 11) is 1.83. The maximum Gasteiger partial charge on any atom is 0.258 e. The molecule has 0 aromatic heterocycles. The molecule has 2 aliphatic rings. The van der Waals surface area contributed by atoms with Crippen LogP contribution in [0.1, 0.15) is 24.0 Å². The molecule has 3 nitrogen and oxygen atoms in total. The SMILES string of the molecule is CN1C(=O)/C(=C/c2ccc(N3CCCC3)cc2)c2ccccc21. The number of anilines is 2. The number of fused-ring (bicyclic) bond motifs is 1. The molecule has 2 heterocycles. The zero-order valence-corrected chi connectivity index (χ0v) is 13.3. The zero-order valence-electron chi connectivity index (χ0n) is 13.3. The van der Waals surface area contributed by atoms with Gasteiger partial charge in [-0.1, -0.05) is 30.3 Å². The first-order valence-corrected chi connectivity index (χ1v) is 8.18. The third kappa shape index (κ3) is 2.42. The van der Waals surface area contributed by atoms with Gasteiger partial charge in [-0.2, -0.15) is 0 Å². The van der Waals surface area contributed by atoms with Crippen molar-refractivity contribution in [3.8, 4) is 0 Å². The van der Waals surface area contributed by atoms with Crippen LogP contribution in [0.15, 0.2) is 48.5 Å². The average molecular weight is 304 g/mol. The smallest absolute Gasteiger partial charge is 0.258 e. The van der Waals surface area contributed by atoms with Crippen LogP contribution < -0.4 is 9.80 Å². The average Bonchev–Trinajstić information content (AvgIpc) is 3.20. The van der Waals surface area contributed by atoms with E-state index in [-0.39, 0.29) is 5.91 Å². The van der Waals surface area contributed by atoms with Crippen LogP contribution in [0.3, 0.4) is 0 Å². The van der Waals surface area contributed by atoms with Crippen molar-refractivity contribution in [3.63, 3.8) is 0 Å². The van der Waals surface area contributed by atoms with Gasteiger partial charge in [0.2, 0.25) is 0 Å². The topological polar surface area (TPSA) is 23.6 Å². The fourth-order valence-corrected chi connectivity index (χ4v) is 3.46.